The zero-order valence-electron chi connectivity index (χ0n) is 20.2. The third kappa shape index (κ3) is 7.25. The molecule has 3 heterocycles. The molecule has 9 nitrogen and oxygen atoms in total. The first-order valence-electron chi connectivity index (χ1n) is 11.0. The van der Waals surface area contributed by atoms with E-state index >= 15 is 0 Å². The molecule has 1 N–H and O–H groups in total. The van der Waals surface area contributed by atoms with Gasteiger partial charge < -0.3 is 15.0 Å². The molecule has 3 aliphatic rings. The minimum absolute atomic E-state index is 0. The first-order valence-corrected chi connectivity index (χ1v) is 11.5. The van der Waals surface area contributed by atoms with Crippen LogP contribution in [-0.2, 0) is 14.3 Å². The van der Waals surface area contributed by atoms with Crippen LogP contribution in [0.25, 0.3) is 11.0 Å². The molecule has 3 fully saturated rings. The van der Waals surface area contributed by atoms with Crippen LogP contribution in [0.1, 0.15) is 43.0 Å². The molecule has 37 heavy (non-hydrogen) atoms. The second-order valence-electron chi connectivity index (χ2n) is 9.13. The SMILES string of the molecule is CC1CCC([C@H](NC(=O)c2ccc3nonc3c2)C(=O)N2C[C@H](Cl)[C@H]3OCC(=O)[C@H]32)CC1.S.S.S.S.S. The molecule has 2 amide bonds. The van der Waals surface area contributed by atoms with Crippen molar-refractivity contribution in [1.29, 1.82) is 0 Å². The fourth-order valence-corrected chi connectivity index (χ4v) is 5.51. The maximum atomic E-state index is 13.7. The molecule has 1 saturated carbocycles. The van der Waals surface area contributed by atoms with Crippen molar-refractivity contribution in [2.75, 3.05) is 13.2 Å². The largest absolute Gasteiger partial charge is 0.366 e. The molecule has 2 saturated heterocycles. The van der Waals surface area contributed by atoms with E-state index in [2.05, 4.69) is 22.6 Å². The molecule has 15 heteroatoms. The van der Waals surface area contributed by atoms with Crippen molar-refractivity contribution in [3.63, 3.8) is 0 Å². The Labute approximate surface area is 255 Å². The van der Waals surface area contributed by atoms with Gasteiger partial charge in [0.25, 0.3) is 5.91 Å². The molecule has 2 aromatic rings. The van der Waals surface area contributed by atoms with E-state index in [1.807, 2.05) is 0 Å². The van der Waals surface area contributed by atoms with Crippen molar-refractivity contribution in [1.82, 2.24) is 20.5 Å². The quantitative estimate of drug-likeness (QED) is 0.516. The lowest BCUT2D eigenvalue weighted by Crippen LogP contribution is -2.55. The maximum absolute atomic E-state index is 13.7. The van der Waals surface area contributed by atoms with Crippen molar-refractivity contribution in [3.05, 3.63) is 23.8 Å². The Morgan fingerprint density at radius 1 is 1.05 bits per heavy atom. The van der Waals surface area contributed by atoms with Crippen molar-refractivity contribution in [2.45, 2.75) is 56.2 Å². The van der Waals surface area contributed by atoms with E-state index in [9.17, 15) is 14.4 Å². The number of aromatic nitrogens is 2. The molecule has 0 radical (unpaired) electrons. The standard InChI is InChI=1S/C22H25ClN4O5.5H2S/c1-11-2-4-12(5-3-11)18(22(30)27-9-14(23)20-19(27)17(28)10-31-20)24-21(29)13-6-7-15-16(8-13)26-32-25-15;;;;;/h6-8,11-12,14,18-20H,2-5,9-10H2,1H3,(H,24,29);5*1H2/t11?,12?,14-,18-,19+,20+;;;;;/m0...../s1. The summed E-state index contributed by atoms with van der Waals surface area (Å²) in [5.74, 6) is -0.200. The van der Waals surface area contributed by atoms with Gasteiger partial charge in [-0.2, -0.15) is 67.5 Å². The molecule has 5 rings (SSSR count). The fraction of sp³-hybridized carbons (Fsp3) is 0.591. The Morgan fingerprint density at radius 2 is 1.70 bits per heavy atom. The van der Waals surface area contributed by atoms with Gasteiger partial charge in [0.05, 0.1) is 5.38 Å². The number of carbonyl (C=O) groups excluding carboxylic acids is 3. The van der Waals surface area contributed by atoms with Gasteiger partial charge in [0, 0.05) is 12.1 Å². The number of ether oxygens (including phenoxy) is 1. The van der Waals surface area contributed by atoms with Crippen LogP contribution in [-0.4, -0.2) is 69.5 Å². The van der Waals surface area contributed by atoms with Gasteiger partial charge in [-0.15, -0.1) is 11.6 Å². The summed E-state index contributed by atoms with van der Waals surface area (Å²) in [6.45, 7) is 2.39. The second kappa shape index (κ2) is 15.1. The Balaban J connectivity index is 0.00000259. The molecular formula is C22H35ClN4O5S5. The van der Waals surface area contributed by atoms with Gasteiger partial charge in [0.1, 0.15) is 35.8 Å². The fourth-order valence-electron chi connectivity index (χ4n) is 5.15. The zero-order valence-corrected chi connectivity index (χ0v) is 26.0. The Morgan fingerprint density at radius 3 is 2.38 bits per heavy atom. The van der Waals surface area contributed by atoms with Crippen LogP contribution >= 0.6 is 79.1 Å². The summed E-state index contributed by atoms with van der Waals surface area (Å²) in [5.41, 5.74) is 1.38. The summed E-state index contributed by atoms with van der Waals surface area (Å²) in [4.78, 5) is 40.8. The number of hydrogen-bond acceptors (Lipinski definition) is 7. The molecule has 0 bridgehead atoms. The smallest absolute Gasteiger partial charge is 0.252 e. The number of halogens is 1. The molecule has 1 aromatic carbocycles. The summed E-state index contributed by atoms with van der Waals surface area (Å²) in [5, 5.41) is 10.0. The lowest BCUT2D eigenvalue weighted by Gasteiger charge is -2.35. The second-order valence-corrected chi connectivity index (χ2v) is 9.69. The average Bonchev–Trinajstić information content (AvgIpc) is 3.49. The van der Waals surface area contributed by atoms with E-state index in [0.29, 0.717) is 22.5 Å². The maximum Gasteiger partial charge on any atom is 0.252 e. The van der Waals surface area contributed by atoms with Gasteiger partial charge in [-0.1, -0.05) is 19.8 Å². The first kappa shape index (κ1) is 36.2. The van der Waals surface area contributed by atoms with Crippen LogP contribution in [0.15, 0.2) is 22.8 Å². The molecule has 2 aliphatic heterocycles. The summed E-state index contributed by atoms with van der Waals surface area (Å²) in [6.07, 6.45) is 3.17. The third-order valence-corrected chi connectivity index (χ3v) is 7.39. The number of rotatable bonds is 4. The Bertz CT molecular complexity index is 1070. The lowest BCUT2D eigenvalue weighted by atomic mass is 9.78. The van der Waals surface area contributed by atoms with Gasteiger partial charge in [-0.05, 0) is 53.2 Å². The van der Waals surface area contributed by atoms with E-state index in [1.165, 1.54) is 4.90 Å². The van der Waals surface area contributed by atoms with Crippen molar-refractivity contribution in [2.24, 2.45) is 11.8 Å². The van der Waals surface area contributed by atoms with E-state index < -0.39 is 23.6 Å². The summed E-state index contributed by atoms with van der Waals surface area (Å²) in [7, 11) is 0. The van der Waals surface area contributed by atoms with Gasteiger partial charge in [0.15, 0.2) is 5.78 Å². The normalized spacial score (nSPS) is 26.8. The highest BCUT2D eigenvalue weighted by Gasteiger charge is 2.53. The number of ketones is 1. The van der Waals surface area contributed by atoms with Crippen LogP contribution < -0.4 is 5.32 Å². The number of nitrogens with one attached hydrogen (secondary N) is 1. The van der Waals surface area contributed by atoms with Gasteiger partial charge in [-0.3, -0.25) is 14.4 Å². The molecule has 0 unspecified atom stereocenters. The molecule has 0 spiro atoms. The first-order chi connectivity index (χ1) is 15.4. The van der Waals surface area contributed by atoms with Crippen molar-refractivity contribution >= 4 is 108 Å². The average molecular weight is 631 g/mol. The zero-order chi connectivity index (χ0) is 22.4. The molecular weight excluding hydrogens is 596 g/mol. The Kier molecular flexibility index (Phi) is 14.8. The van der Waals surface area contributed by atoms with Crippen molar-refractivity contribution < 1.29 is 23.7 Å². The predicted octanol–water partition coefficient (Wildman–Crippen LogP) is 2.50. The molecule has 1 aromatic heterocycles. The number of amides is 2. The number of benzene rings is 1. The number of likely N-dealkylation sites (tertiary alicyclic amines) is 1. The number of fused-ring (bicyclic) bond motifs is 2. The minimum atomic E-state index is -0.739. The van der Waals surface area contributed by atoms with Gasteiger partial charge in [-0.25, -0.2) is 4.63 Å². The number of carbonyl (C=O) groups is 3. The monoisotopic (exact) mass is 630 g/mol. The van der Waals surface area contributed by atoms with Crippen molar-refractivity contribution in [3.8, 4) is 0 Å². The highest BCUT2D eigenvalue weighted by Crippen LogP contribution is 2.35. The third-order valence-electron chi connectivity index (χ3n) is 7.01. The molecule has 4 atom stereocenters. The topological polar surface area (TPSA) is 115 Å². The Hall–Kier alpha value is -0.770. The van der Waals surface area contributed by atoms with Gasteiger partial charge in [0.2, 0.25) is 5.91 Å². The van der Waals surface area contributed by atoms with E-state index in [0.717, 1.165) is 25.7 Å². The van der Waals surface area contributed by atoms with Crippen LogP contribution in [0.3, 0.4) is 0 Å². The summed E-state index contributed by atoms with van der Waals surface area (Å²) >= 11 is 6.39. The van der Waals surface area contributed by atoms with E-state index in [-0.39, 0.29) is 104 Å². The van der Waals surface area contributed by atoms with Crippen LogP contribution in [0.2, 0.25) is 0 Å². The number of hydrogen-bond donors (Lipinski definition) is 1. The van der Waals surface area contributed by atoms with E-state index in [1.54, 1.807) is 18.2 Å². The summed E-state index contributed by atoms with van der Waals surface area (Å²) < 4.78 is 10.2. The highest BCUT2D eigenvalue weighted by molar-refractivity contribution is 7.60. The summed E-state index contributed by atoms with van der Waals surface area (Å²) in [6, 6.07) is 3.45. The number of alkyl halides is 1. The number of Topliss-reactive ketones (excluding diaryl/α,β-unsaturated/α-hetero) is 1. The van der Waals surface area contributed by atoms with E-state index in [4.69, 9.17) is 21.0 Å². The number of nitrogens with zero attached hydrogens (tertiary/aromatic N) is 3. The van der Waals surface area contributed by atoms with Crippen LogP contribution in [0.5, 0.6) is 0 Å². The van der Waals surface area contributed by atoms with Crippen LogP contribution in [0, 0.1) is 11.8 Å². The molecule has 1 aliphatic carbocycles. The minimum Gasteiger partial charge on any atom is -0.366 e. The van der Waals surface area contributed by atoms with Crippen LogP contribution in [0.4, 0.5) is 0 Å². The highest BCUT2D eigenvalue weighted by atomic mass is 35.5. The van der Waals surface area contributed by atoms with Gasteiger partial charge >= 0.3 is 0 Å². The lowest BCUT2D eigenvalue weighted by molar-refractivity contribution is -0.139. The predicted molar refractivity (Wildman–Crippen MR) is 166 cm³/mol. The molecule has 210 valence electrons.